The molecule has 2 atom stereocenters. The fraction of sp³-hybridized carbons (Fsp3) is 0.400. The van der Waals surface area contributed by atoms with Gasteiger partial charge in [-0.05, 0) is 30.7 Å². The Morgan fingerprint density at radius 1 is 1.00 bits per heavy atom. The molecule has 0 bridgehead atoms. The minimum atomic E-state index is -0.134. The second-order valence-electron chi connectivity index (χ2n) is 7.42. The Labute approximate surface area is 182 Å². The van der Waals surface area contributed by atoms with Crippen molar-refractivity contribution >= 4 is 44.8 Å². The maximum atomic E-state index is 12.2. The second-order valence-corrected chi connectivity index (χ2v) is 9.49. The summed E-state index contributed by atoms with van der Waals surface area (Å²) in [5.41, 5.74) is 0.968. The minimum absolute atomic E-state index is 0.0870. The lowest BCUT2D eigenvalue weighted by Gasteiger charge is -2.06. The summed E-state index contributed by atoms with van der Waals surface area (Å²) in [5, 5.41) is 25.2. The zero-order valence-electron chi connectivity index (χ0n) is 16.5. The highest BCUT2D eigenvalue weighted by Crippen LogP contribution is 2.41. The van der Waals surface area contributed by atoms with Crippen LogP contribution in [0.5, 0.6) is 0 Å². The van der Waals surface area contributed by atoms with Crippen LogP contribution < -0.4 is 10.6 Å². The van der Waals surface area contributed by atoms with Crippen molar-refractivity contribution in [2.45, 2.75) is 44.9 Å². The molecular formula is C20H22N6O2S2. The average Bonchev–Trinajstić information content (AvgIpc) is 3.44. The van der Waals surface area contributed by atoms with Gasteiger partial charge in [0.1, 0.15) is 10.0 Å². The first-order chi connectivity index (χ1) is 14.5. The summed E-state index contributed by atoms with van der Waals surface area (Å²) in [5.74, 6) is 0.651. The third kappa shape index (κ3) is 5.45. The van der Waals surface area contributed by atoms with E-state index in [1.165, 1.54) is 29.6 Å². The van der Waals surface area contributed by atoms with Crippen LogP contribution >= 0.6 is 22.7 Å². The average molecular weight is 443 g/mol. The predicted molar refractivity (Wildman–Crippen MR) is 117 cm³/mol. The van der Waals surface area contributed by atoms with Gasteiger partial charge >= 0.3 is 0 Å². The number of carbonyl (C=O) groups excluding carboxylic acids is 2. The largest absolute Gasteiger partial charge is 0.301 e. The third-order valence-corrected chi connectivity index (χ3v) is 6.86. The number of hydrogen-bond donors (Lipinski definition) is 2. The summed E-state index contributed by atoms with van der Waals surface area (Å²) in [4.78, 5) is 23.3. The highest BCUT2D eigenvalue weighted by molar-refractivity contribution is 7.15. The van der Waals surface area contributed by atoms with Crippen LogP contribution in [0.25, 0.3) is 0 Å². The van der Waals surface area contributed by atoms with E-state index in [1.54, 1.807) is 0 Å². The van der Waals surface area contributed by atoms with E-state index in [9.17, 15) is 9.59 Å². The van der Waals surface area contributed by atoms with E-state index in [1.807, 2.05) is 30.3 Å². The molecule has 2 amide bonds. The van der Waals surface area contributed by atoms with Gasteiger partial charge in [-0.2, -0.15) is 0 Å². The lowest BCUT2D eigenvalue weighted by Crippen LogP contribution is -2.14. The van der Waals surface area contributed by atoms with Gasteiger partial charge in [0.2, 0.25) is 22.1 Å². The van der Waals surface area contributed by atoms with E-state index >= 15 is 0 Å². The normalized spacial score (nSPS) is 18.3. The number of rotatable bonds is 7. The van der Waals surface area contributed by atoms with Crippen molar-refractivity contribution in [3.63, 3.8) is 0 Å². The standard InChI is InChI=1S/C20H22N6O2S2/c1-12(27)21-19-26-24-18(30-19)15-8-7-14(9-15)11-17-23-25-20(29-17)22-16(28)10-13-5-3-2-4-6-13/h2-6,14-15H,7-11H2,1H3,(H,21,26,27)(H,22,25,28)/t14-,15+/m1/s1. The molecule has 0 spiro atoms. The predicted octanol–water partition coefficient (Wildman–Crippen LogP) is 3.66. The van der Waals surface area contributed by atoms with Crippen molar-refractivity contribution in [1.82, 2.24) is 20.4 Å². The lowest BCUT2D eigenvalue weighted by atomic mass is 10.0. The molecule has 1 aromatic carbocycles. The summed E-state index contributed by atoms with van der Waals surface area (Å²) in [6.07, 6.45) is 4.33. The van der Waals surface area contributed by atoms with E-state index in [4.69, 9.17) is 0 Å². The maximum Gasteiger partial charge on any atom is 0.230 e. The maximum absolute atomic E-state index is 12.2. The van der Waals surface area contributed by atoms with Crippen molar-refractivity contribution in [3.05, 3.63) is 45.9 Å². The Kier molecular flexibility index (Phi) is 6.44. The quantitative estimate of drug-likeness (QED) is 0.578. The molecule has 2 N–H and O–H groups in total. The number of aromatic nitrogens is 4. The Hall–Kier alpha value is -2.72. The molecule has 1 fully saturated rings. The van der Waals surface area contributed by atoms with Crippen LogP contribution in [0.3, 0.4) is 0 Å². The summed E-state index contributed by atoms with van der Waals surface area (Å²) < 4.78 is 0. The van der Waals surface area contributed by atoms with E-state index in [2.05, 4.69) is 31.0 Å². The van der Waals surface area contributed by atoms with Gasteiger partial charge in [0.25, 0.3) is 0 Å². The number of nitrogens with one attached hydrogen (secondary N) is 2. The Balaban J connectivity index is 1.27. The van der Waals surface area contributed by atoms with Crippen LogP contribution in [-0.4, -0.2) is 32.2 Å². The molecule has 4 rings (SSSR count). The molecule has 2 aromatic heterocycles. The fourth-order valence-corrected chi connectivity index (χ4v) is 5.47. The molecule has 1 aliphatic carbocycles. The van der Waals surface area contributed by atoms with Crippen molar-refractivity contribution in [3.8, 4) is 0 Å². The topological polar surface area (TPSA) is 110 Å². The fourth-order valence-electron chi connectivity index (χ4n) is 3.66. The van der Waals surface area contributed by atoms with Crippen molar-refractivity contribution in [2.24, 2.45) is 5.92 Å². The first-order valence-electron chi connectivity index (χ1n) is 9.82. The molecule has 156 valence electrons. The van der Waals surface area contributed by atoms with Crippen LogP contribution in [-0.2, 0) is 22.4 Å². The zero-order valence-corrected chi connectivity index (χ0v) is 18.1. The van der Waals surface area contributed by atoms with Crippen molar-refractivity contribution in [2.75, 3.05) is 10.6 Å². The molecular weight excluding hydrogens is 420 g/mol. The van der Waals surface area contributed by atoms with Crippen LogP contribution in [0.4, 0.5) is 10.3 Å². The van der Waals surface area contributed by atoms with Crippen LogP contribution in [0.15, 0.2) is 30.3 Å². The van der Waals surface area contributed by atoms with E-state index < -0.39 is 0 Å². The van der Waals surface area contributed by atoms with E-state index in [-0.39, 0.29) is 11.8 Å². The number of hydrogen-bond acceptors (Lipinski definition) is 8. The molecule has 0 saturated heterocycles. The first-order valence-corrected chi connectivity index (χ1v) is 11.5. The molecule has 30 heavy (non-hydrogen) atoms. The number of carbonyl (C=O) groups is 2. The third-order valence-electron chi connectivity index (χ3n) is 5.00. The van der Waals surface area contributed by atoms with Gasteiger partial charge in [-0.1, -0.05) is 53.0 Å². The molecule has 0 unspecified atom stereocenters. The van der Waals surface area contributed by atoms with Crippen LogP contribution in [0.1, 0.15) is 47.7 Å². The molecule has 10 heteroatoms. The molecule has 1 saturated carbocycles. The van der Waals surface area contributed by atoms with Gasteiger partial charge in [-0.3, -0.25) is 9.59 Å². The number of anilines is 2. The molecule has 8 nitrogen and oxygen atoms in total. The Morgan fingerprint density at radius 2 is 1.77 bits per heavy atom. The van der Waals surface area contributed by atoms with Crippen LogP contribution in [0.2, 0.25) is 0 Å². The number of amides is 2. The Bertz CT molecular complexity index is 1020. The molecule has 1 aliphatic rings. The van der Waals surface area contributed by atoms with Gasteiger partial charge in [0, 0.05) is 19.3 Å². The lowest BCUT2D eigenvalue weighted by molar-refractivity contribution is -0.116. The van der Waals surface area contributed by atoms with Gasteiger partial charge in [0.05, 0.1) is 6.42 Å². The number of nitrogens with zero attached hydrogens (tertiary/aromatic N) is 4. The second kappa shape index (κ2) is 9.40. The highest BCUT2D eigenvalue weighted by Gasteiger charge is 2.29. The summed E-state index contributed by atoms with van der Waals surface area (Å²) >= 11 is 2.89. The van der Waals surface area contributed by atoms with Crippen LogP contribution in [0, 0.1) is 5.92 Å². The van der Waals surface area contributed by atoms with Gasteiger partial charge in [-0.15, -0.1) is 20.4 Å². The number of benzene rings is 1. The monoisotopic (exact) mass is 442 g/mol. The molecule has 0 radical (unpaired) electrons. The van der Waals surface area contributed by atoms with Gasteiger partial charge < -0.3 is 10.6 Å². The minimum Gasteiger partial charge on any atom is -0.301 e. The molecule has 3 aromatic rings. The summed E-state index contributed by atoms with van der Waals surface area (Å²) in [6, 6.07) is 9.63. The Morgan fingerprint density at radius 3 is 2.57 bits per heavy atom. The highest BCUT2D eigenvalue weighted by atomic mass is 32.1. The van der Waals surface area contributed by atoms with Gasteiger partial charge in [-0.25, -0.2) is 0 Å². The zero-order chi connectivity index (χ0) is 20.9. The van der Waals surface area contributed by atoms with E-state index in [0.29, 0.717) is 28.5 Å². The summed E-state index contributed by atoms with van der Waals surface area (Å²) in [6.45, 7) is 1.47. The van der Waals surface area contributed by atoms with Crippen molar-refractivity contribution < 1.29 is 9.59 Å². The van der Waals surface area contributed by atoms with Crippen molar-refractivity contribution in [1.29, 1.82) is 0 Å². The SMILES string of the molecule is CC(=O)Nc1nnc([C@H]2CC[C@@H](Cc3nnc(NC(=O)Cc4ccccc4)s3)C2)s1. The molecule has 0 aliphatic heterocycles. The first kappa shape index (κ1) is 20.5. The molecule has 2 heterocycles. The van der Waals surface area contributed by atoms with E-state index in [0.717, 1.165) is 41.3 Å². The van der Waals surface area contributed by atoms with Gasteiger partial charge in [0.15, 0.2) is 0 Å². The summed E-state index contributed by atoms with van der Waals surface area (Å²) in [7, 11) is 0. The smallest absolute Gasteiger partial charge is 0.230 e.